The fraction of sp³-hybridized carbons (Fsp3) is 0.444. The van der Waals surface area contributed by atoms with Gasteiger partial charge in [-0.2, -0.15) is 0 Å². The Balaban J connectivity index is 2.46. The molecule has 0 heterocycles. The van der Waals surface area contributed by atoms with Crippen molar-refractivity contribution in [3.8, 4) is 0 Å². The van der Waals surface area contributed by atoms with Gasteiger partial charge in [-0.25, -0.2) is 0 Å². The Morgan fingerprint density at radius 3 is 1.50 bits per heavy atom. The van der Waals surface area contributed by atoms with Gasteiger partial charge in [0.15, 0.2) is 0 Å². The second-order valence-electron chi connectivity index (χ2n) is 5.24. The van der Waals surface area contributed by atoms with Crippen molar-refractivity contribution in [2.75, 3.05) is 46.9 Å². The quantitative estimate of drug-likeness (QED) is 0.487. The van der Waals surface area contributed by atoms with Crippen LogP contribution in [0.5, 0.6) is 0 Å². The molecule has 2 amide bonds. The third kappa shape index (κ3) is 10.2. The van der Waals surface area contributed by atoms with E-state index in [0.717, 1.165) is 23.5 Å². The van der Waals surface area contributed by atoms with Crippen LogP contribution in [0.3, 0.4) is 0 Å². The van der Waals surface area contributed by atoms with Gasteiger partial charge in [-0.1, -0.05) is 12.1 Å². The molecule has 0 unspecified atom stereocenters. The number of ether oxygens (including phenoxy) is 2. The monoisotopic (exact) mass is 428 g/mol. The van der Waals surface area contributed by atoms with E-state index in [0.29, 0.717) is 24.6 Å². The minimum Gasteiger partial charge on any atom is -0.465 e. The van der Waals surface area contributed by atoms with Crippen molar-refractivity contribution in [1.82, 2.24) is 0 Å². The van der Waals surface area contributed by atoms with E-state index in [4.69, 9.17) is 9.47 Å². The van der Waals surface area contributed by atoms with Crippen molar-refractivity contribution < 1.29 is 28.7 Å². The van der Waals surface area contributed by atoms with Crippen molar-refractivity contribution in [3.63, 3.8) is 0 Å². The highest BCUT2D eigenvalue weighted by Gasteiger charge is 2.11. The van der Waals surface area contributed by atoms with Crippen LogP contribution in [0.2, 0.25) is 0 Å². The van der Waals surface area contributed by atoms with Crippen LogP contribution in [0, 0.1) is 0 Å². The van der Waals surface area contributed by atoms with Gasteiger partial charge < -0.3 is 20.1 Å². The predicted octanol–water partition coefficient (Wildman–Crippen LogP) is 2.16. The molecule has 154 valence electrons. The molecular formula is C18H24N2O6S2. The van der Waals surface area contributed by atoms with E-state index in [9.17, 15) is 19.2 Å². The van der Waals surface area contributed by atoms with E-state index >= 15 is 0 Å². The van der Waals surface area contributed by atoms with Gasteiger partial charge in [0.25, 0.3) is 0 Å². The van der Waals surface area contributed by atoms with Gasteiger partial charge in [0, 0.05) is 0 Å². The number of hydrogen-bond donors (Lipinski definition) is 2. The van der Waals surface area contributed by atoms with E-state index in [-0.39, 0.29) is 46.8 Å². The molecule has 1 aromatic carbocycles. The van der Waals surface area contributed by atoms with Crippen LogP contribution in [-0.4, -0.2) is 60.0 Å². The van der Waals surface area contributed by atoms with E-state index in [1.165, 1.54) is 0 Å². The number of anilines is 2. The molecule has 0 spiro atoms. The second kappa shape index (κ2) is 13.9. The molecule has 0 aliphatic carbocycles. The topological polar surface area (TPSA) is 111 Å². The molecule has 0 saturated heterocycles. The number of esters is 2. The number of carbonyl (C=O) groups excluding carboxylic acids is 4. The van der Waals surface area contributed by atoms with Crippen molar-refractivity contribution in [1.29, 1.82) is 0 Å². The molecule has 0 fully saturated rings. The van der Waals surface area contributed by atoms with Gasteiger partial charge in [-0.05, 0) is 26.0 Å². The maximum atomic E-state index is 12.0. The summed E-state index contributed by atoms with van der Waals surface area (Å²) in [5.74, 6) is -0.983. The highest BCUT2D eigenvalue weighted by molar-refractivity contribution is 8.00. The van der Waals surface area contributed by atoms with E-state index in [1.807, 2.05) is 0 Å². The lowest BCUT2D eigenvalue weighted by atomic mass is 10.2. The first kappa shape index (κ1) is 23.8. The first-order chi connectivity index (χ1) is 13.5. The van der Waals surface area contributed by atoms with E-state index < -0.39 is 0 Å². The van der Waals surface area contributed by atoms with Gasteiger partial charge in [-0.15, -0.1) is 23.5 Å². The molecule has 0 aromatic heterocycles. The van der Waals surface area contributed by atoms with Gasteiger partial charge >= 0.3 is 11.9 Å². The second-order valence-corrected chi connectivity index (χ2v) is 7.21. The number of amides is 2. The Hall–Kier alpha value is -2.20. The van der Waals surface area contributed by atoms with Crippen molar-refractivity contribution in [3.05, 3.63) is 24.3 Å². The summed E-state index contributed by atoms with van der Waals surface area (Å²) in [6.07, 6.45) is 0. The summed E-state index contributed by atoms with van der Waals surface area (Å²) in [6, 6.07) is 6.78. The molecule has 0 bridgehead atoms. The van der Waals surface area contributed by atoms with Crippen molar-refractivity contribution in [2.45, 2.75) is 13.8 Å². The predicted molar refractivity (Wildman–Crippen MR) is 112 cm³/mol. The average molecular weight is 429 g/mol. The number of nitrogens with one attached hydrogen (secondary N) is 2. The number of benzene rings is 1. The molecule has 1 aromatic rings. The lowest BCUT2D eigenvalue weighted by Gasteiger charge is -2.12. The summed E-state index contributed by atoms with van der Waals surface area (Å²) in [5.41, 5.74) is 0.904. The Morgan fingerprint density at radius 1 is 0.750 bits per heavy atom. The average Bonchev–Trinajstić information content (AvgIpc) is 2.64. The molecule has 0 saturated carbocycles. The SMILES string of the molecule is CCOC(=O)CSCC(=O)Nc1ccccc1NC(=O)CSCC(=O)OCC. The number of rotatable bonds is 12. The fourth-order valence-corrected chi connectivity index (χ4v) is 3.15. The van der Waals surface area contributed by atoms with Crippen LogP contribution in [0.1, 0.15) is 13.8 Å². The van der Waals surface area contributed by atoms with E-state index in [1.54, 1.807) is 38.1 Å². The maximum absolute atomic E-state index is 12.0. The number of hydrogen-bond acceptors (Lipinski definition) is 8. The Labute approximate surface area is 172 Å². The highest BCUT2D eigenvalue weighted by Crippen LogP contribution is 2.21. The van der Waals surface area contributed by atoms with Crippen LogP contribution < -0.4 is 10.6 Å². The number of carbonyl (C=O) groups is 4. The fourth-order valence-electron chi connectivity index (χ4n) is 1.93. The molecule has 2 N–H and O–H groups in total. The van der Waals surface area contributed by atoms with Gasteiger partial charge in [0.05, 0.1) is 47.6 Å². The minimum absolute atomic E-state index is 0.0798. The first-order valence-electron chi connectivity index (χ1n) is 8.61. The zero-order chi connectivity index (χ0) is 20.8. The molecule has 8 nitrogen and oxygen atoms in total. The standard InChI is InChI=1S/C18H24N2O6S2/c1-3-25-17(23)11-27-9-15(21)19-13-7-5-6-8-14(13)20-16(22)10-28-12-18(24)26-4-2/h5-8H,3-4,9-12H2,1-2H3,(H,19,21)(H,20,22). The third-order valence-corrected chi connectivity index (χ3v) is 4.80. The van der Waals surface area contributed by atoms with Crippen molar-refractivity contribution in [2.24, 2.45) is 0 Å². The van der Waals surface area contributed by atoms with Gasteiger partial charge in [-0.3, -0.25) is 19.2 Å². The summed E-state index contributed by atoms with van der Waals surface area (Å²) in [4.78, 5) is 46.6. The summed E-state index contributed by atoms with van der Waals surface area (Å²) < 4.78 is 9.59. The molecule has 10 heteroatoms. The number of thioether (sulfide) groups is 2. The summed E-state index contributed by atoms with van der Waals surface area (Å²) >= 11 is 2.29. The van der Waals surface area contributed by atoms with Gasteiger partial charge in [0.2, 0.25) is 11.8 Å². The lowest BCUT2D eigenvalue weighted by Crippen LogP contribution is -2.20. The molecule has 1 rings (SSSR count). The van der Waals surface area contributed by atoms with Crippen molar-refractivity contribution >= 4 is 58.7 Å². The van der Waals surface area contributed by atoms with Crippen LogP contribution >= 0.6 is 23.5 Å². The smallest absolute Gasteiger partial charge is 0.315 e. The summed E-state index contributed by atoms with van der Waals surface area (Å²) in [6.45, 7) is 4.04. The Bertz CT molecular complexity index is 627. The molecule has 0 radical (unpaired) electrons. The summed E-state index contributed by atoms with van der Waals surface area (Å²) in [5, 5.41) is 5.41. The van der Waals surface area contributed by atoms with E-state index in [2.05, 4.69) is 10.6 Å². The van der Waals surface area contributed by atoms with Crippen LogP contribution in [0.15, 0.2) is 24.3 Å². The molecule has 0 aliphatic rings. The maximum Gasteiger partial charge on any atom is 0.315 e. The minimum atomic E-state index is -0.367. The lowest BCUT2D eigenvalue weighted by molar-refractivity contribution is -0.140. The normalized spacial score (nSPS) is 10.1. The molecule has 0 atom stereocenters. The molecule has 28 heavy (non-hydrogen) atoms. The highest BCUT2D eigenvalue weighted by atomic mass is 32.2. The van der Waals surface area contributed by atoms with Crippen LogP contribution in [-0.2, 0) is 28.7 Å². The molecular weight excluding hydrogens is 404 g/mol. The zero-order valence-electron chi connectivity index (χ0n) is 15.8. The zero-order valence-corrected chi connectivity index (χ0v) is 17.5. The van der Waals surface area contributed by atoms with Gasteiger partial charge in [0.1, 0.15) is 0 Å². The van der Waals surface area contributed by atoms with Crippen LogP contribution in [0.25, 0.3) is 0 Å². The summed E-state index contributed by atoms with van der Waals surface area (Å²) in [7, 11) is 0. The Kier molecular flexibility index (Phi) is 11.8. The molecule has 0 aliphatic heterocycles. The van der Waals surface area contributed by atoms with Crippen LogP contribution in [0.4, 0.5) is 11.4 Å². The Morgan fingerprint density at radius 2 is 1.14 bits per heavy atom. The first-order valence-corrected chi connectivity index (χ1v) is 10.9. The third-order valence-electron chi connectivity index (χ3n) is 2.99. The largest absolute Gasteiger partial charge is 0.465 e. The number of para-hydroxylation sites is 2.